The van der Waals surface area contributed by atoms with Gasteiger partial charge in [0.2, 0.25) is 0 Å². The summed E-state index contributed by atoms with van der Waals surface area (Å²) >= 11 is 0. The number of imidazole rings is 1. The summed E-state index contributed by atoms with van der Waals surface area (Å²) in [6.07, 6.45) is 0.544. The van der Waals surface area contributed by atoms with Crippen LogP contribution in [-0.4, -0.2) is 55.8 Å². The number of hydrogen-bond acceptors (Lipinski definition) is 5. The first kappa shape index (κ1) is 26.3. The number of alkyl carbamates (subject to hydrolysis) is 1. The van der Waals surface area contributed by atoms with E-state index in [0.717, 1.165) is 35.4 Å². The van der Waals surface area contributed by atoms with E-state index in [4.69, 9.17) is 9.72 Å². The van der Waals surface area contributed by atoms with E-state index in [1.165, 1.54) is 0 Å². The van der Waals surface area contributed by atoms with Gasteiger partial charge in [0.15, 0.2) is 5.82 Å². The van der Waals surface area contributed by atoms with Gasteiger partial charge in [-0.2, -0.15) is 5.26 Å². The SMILES string of the molecule is CCn1c(-c2nc3cc(C(=O)N4CCC[C@@H](OC(=O)NC(C)(C)C)C4)cc(C#N)c3n2C)cc2ccccc21. The van der Waals surface area contributed by atoms with E-state index in [-0.39, 0.29) is 12.0 Å². The van der Waals surface area contributed by atoms with E-state index in [2.05, 4.69) is 41.1 Å². The topological polar surface area (TPSA) is 105 Å². The molecule has 2 aromatic heterocycles. The van der Waals surface area contributed by atoms with Gasteiger partial charge in [-0.05, 0) is 64.8 Å². The largest absolute Gasteiger partial charge is 0.444 e. The summed E-state index contributed by atoms with van der Waals surface area (Å²) in [5.41, 5.74) is 3.76. The lowest BCUT2D eigenvalue weighted by atomic mass is 10.0. The van der Waals surface area contributed by atoms with Crippen LogP contribution in [0.3, 0.4) is 0 Å². The fourth-order valence-electron chi connectivity index (χ4n) is 5.41. The van der Waals surface area contributed by atoms with Gasteiger partial charge < -0.3 is 24.1 Å². The van der Waals surface area contributed by atoms with Crippen molar-refractivity contribution in [1.82, 2.24) is 24.3 Å². The van der Waals surface area contributed by atoms with E-state index >= 15 is 0 Å². The van der Waals surface area contributed by atoms with Crippen molar-refractivity contribution in [2.75, 3.05) is 13.1 Å². The van der Waals surface area contributed by atoms with E-state index in [0.29, 0.717) is 41.7 Å². The summed E-state index contributed by atoms with van der Waals surface area (Å²) in [6, 6.07) is 16.0. The summed E-state index contributed by atoms with van der Waals surface area (Å²) < 4.78 is 9.74. The second kappa shape index (κ2) is 10.1. The number of aromatic nitrogens is 3. The van der Waals surface area contributed by atoms with Gasteiger partial charge in [0.25, 0.3) is 5.91 Å². The third-order valence-electron chi connectivity index (χ3n) is 7.11. The average molecular weight is 527 g/mol. The van der Waals surface area contributed by atoms with E-state index in [9.17, 15) is 14.9 Å². The number of benzene rings is 2. The molecule has 2 amide bonds. The van der Waals surface area contributed by atoms with Gasteiger partial charge >= 0.3 is 6.09 Å². The van der Waals surface area contributed by atoms with Crippen molar-refractivity contribution in [3.8, 4) is 17.6 Å². The van der Waals surface area contributed by atoms with Crippen LogP contribution in [0.4, 0.5) is 4.79 Å². The number of hydrogen-bond donors (Lipinski definition) is 1. The highest BCUT2D eigenvalue weighted by molar-refractivity contribution is 6.00. The number of ether oxygens (including phenoxy) is 1. The highest BCUT2D eigenvalue weighted by Gasteiger charge is 2.29. The molecular weight excluding hydrogens is 492 g/mol. The van der Waals surface area contributed by atoms with E-state index in [1.807, 2.05) is 44.5 Å². The lowest BCUT2D eigenvalue weighted by molar-refractivity contribution is 0.0323. The molecule has 1 aliphatic heterocycles. The molecule has 0 spiro atoms. The Morgan fingerprint density at radius 2 is 1.97 bits per heavy atom. The van der Waals surface area contributed by atoms with Crippen molar-refractivity contribution in [3.63, 3.8) is 0 Å². The third kappa shape index (κ3) is 5.07. The lowest BCUT2D eigenvalue weighted by Gasteiger charge is -2.33. The van der Waals surface area contributed by atoms with Crippen LogP contribution in [0.5, 0.6) is 0 Å². The van der Waals surface area contributed by atoms with Crippen molar-refractivity contribution in [2.45, 2.75) is 58.7 Å². The van der Waals surface area contributed by atoms with Crippen LogP contribution in [0.25, 0.3) is 33.5 Å². The molecule has 0 radical (unpaired) electrons. The fourth-order valence-corrected chi connectivity index (χ4v) is 5.41. The molecule has 0 aliphatic carbocycles. The summed E-state index contributed by atoms with van der Waals surface area (Å²) in [6.45, 7) is 9.39. The number of likely N-dealkylation sites (tertiary alicyclic amines) is 1. The molecule has 39 heavy (non-hydrogen) atoms. The van der Waals surface area contributed by atoms with Gasteiger partial charge in [-0.1, -0.05) is 18.2 Å². The molecule has 2 aromatic carbocycles. The molecule has 0 bridgehead atoms. The number of rotatable bonds is 4. The van der Waals surface area contributed by atoms with E-state index < -0.39 is 11.6 Å². The Balaban J connectivity index is 1.46. The van der Waals surface area contributed by atoms with Crippen LogP contribution in [0.2, 0.25) is 0 Å². The lowest BCUT2D eigenvalue weighted by Crippen LogP contribution is -2.47. The number of piperidine rings is 1. The number of carbonyl (C=O) groups is 2. The number of carbonyl (C=O) groups excluding carboxylic acids is 2. The van der Waals surface area contributed by atoms with Crippen LogP contribution in [0.15, 0.2) is 42.5 Å². The quantitative estimate of drug-likeness (QED) is 0.393. The predicted octanol–water partition coefficient (Wildman–Crippen LogP) is 5.22. The van der Waals surface area contributed by atoms with Gasteiger partial charge in [0.1, 0.15) is 12.2 Å². The molecule has 5 rings (SSSR count). The minimum atomic E-state index is -0.486. The maximum absolute atomic E-state index is 13.6. The number of nitriles is 1. The first-order valence-corrected chi connectivity index (χ1v) is 13.4. The maximum atomic E-state index is 13.6. The highest BCUT2D eigenvalue weighted by Crippen LogP contribution is 2.32. The summed E-state index contributed by atoms with van der Waals surface area (Å²) in [7, 11) is 1.90. The number of amides is 2. The Hall–Kier alpha value is -4.32. The molecule has 3 heterocycles. The molecule has 1 fully saturated rings. The zero-order valence-corrected chi connectivity index (χ0v) is 23.1. The molecule has 1 atom stereocenters. The Bertz CT molecular complexity index is 1620. The molecule has 1 N–H and O–H groups in total. The van der Waals surface area contributed by atoms with Crippen molar-refractivity contribution < 1.29 is 14.3 Å². The monoisotopic (exact) mass is 526 g/mol. The van der Waals surface area contributed by atoms with Crippen LogP contribution >= 0.6 is 0 Å². The average Bonchev–Trinajstić information content (AvgIpc) is 3.43. The first-order valence-electron chi connectivity index (χ1n) is 13.4. The third-order valence-corrected chi connectivity index (χ3v) is 7.11. The van der Waals surface area contributed by atoms with Crippen LogP contribution in [-0.2, 0) is 18.3 Å². The molecule has 202 valence electrons. The van der Waals surface area contributed by atoms with Gasteiger partial charge in [0, 0.05) is 42.1 Å². The molecule has 1 aliphatic rings. The van der Waals surface area contributed by atoms with Crippen LogP contribution < -0.4 is 5.32 Å². The number of fused-ring (bicyclic) bond motifs is 2. The van der Waals surface area contributed by atoms with Crippen molar-refractivity contribution in [1.29, 1.82) is 5.26 Å². The van der Waals surface area contributed by atoms with Gasteiger partial charge in [0.05, 0.1) is 28.8 Å². The van der Waals surface area contributed by atoms with Crippen LogP contribution in [0, 0.1) is 11.3 Å². The Morgan fingerprint density at radius 1 is 1.21 bits per heavy atom. The van der Waals surface area contributed by atoms with Crippen molar-refractivity contribution >= 4 is 33.9 Å². The second-order valence-corrected chi connectivity index (χ2v) is 11.1. The zero-order chi connectivity index (χ0) is 27.9. The summed E-state index contributed by atoms with van der Waals surface area (Å²) in [5, 5.41) is 13.9. The molecule has 9 heteroatoms. The smallest absolute Gasteiger partial charge is 0.407 e. The van der Waals surface area contributed by atoms with Gasteiger partial charge in [-0.15, -0.1) is 0 Å². The maximum Gasteiger partial charge on any atom is 0.407 e. The molecule has 0 unspecified atom stereocenters. The van der Waals surface area contributed by atoms with E-state index in [1.54, 1.807) is 17.0 Å². The standard InChI is InChI=1S/C30H34N6O3/c1-6-36-24-12-8-7-10-19(24)16-25(36)27-32-23-15-20(14-21(17-31)26(23)34(27)5)28(37)35-13-9-11-22(18-35)39-29(38)33-30(2,3)4/h7-8,10,12,14-16,22H,6,9,11,13,18H2,1-5H3,(H,33,38)/t22-/m1/s1. The Labute approximate surface area is 228 Å². The molecule has 1 saturated heterocycles. The zero-order valence-electron chi connectivity index (χ0n) is 23.1. The van der Waals surface area contributed by atoms with Gasteiger partial charge in [-0.3, -0.25) is 4.79 Å². The molecular formula is C30H34N6O3. The number of nitrogens with one attached hydrogen (secondary N) is 1. The summed E-state index contributed by atoms with van der Waals surface area (Å²) in [5.74, 6) is 0.535. The second-order valence-electron chi connectivity index (χ2n) is 11.1. The minimum absolute atomic E-state index is 0.201. The summed E-state index contributed by atoms with van der Waals surface area (Å²) in [4.78, 5) is 32.5. The minimum Gasteiger partial charge on any atom is -0.444 e. The predicted molar refractivity (Wildman–Crippen MR) is 150 cm³/mol. The Morgan fingerprint density at radius 3 is 2.69 bits per heavy atom. The molecule has 0 saturated carbocycles. The number of nitrogens with zero attached hydrogens (tertiary/aromatic N) is 5. The normalized spacial score (nSPS) is 15.9. The highest BCUT2D eigenvalue weighted by atomic mass is 16.6. The van der Waals surface area contributed by atoms with Crippen LogP contribution in [0.1, 0.15) is 56.5 Å². The van der Waals surface area contributed by atoms with Gasteiger partial charge in [-0.25, -0.2) is 9.78 Å². The molecule has 9 nitrogen and oxygen atoms in total. The van der Waals surface area contributed by atoms with Crippen molar-refractivity contribution in [3.05, 3.63) is 53.6 Å². The van der Waals surface area contributed by atoms with Crippen molar-refractivity contribution in [2.24, 2.45) is 7.05 Å². The first-order chi connectivity index (χ1) is 18.6. The number of para-hydroxylation sites is 1. The Kier molecular flexibility index (Phi) is 6.81. The molecule has 4 aromatic rings. The fraction of sp³-hybridized carbons (Fsp3) is 0.400. The number of aryl methyl sites for hydroxylation is 2.